The van der Waals surface area contributed by atoms with Gasteiger partial charge in [-0.1, -0.05) is 72.5 Å². The summed E-state index contributed by atoms with van der Waals surface area (Å²) in [7, 11) is 0. The van der Waals surface area contributed by atoms with Crippen molar-refractivity contribution < 1.29 is 14.4 Å². The molecule has 0 saturated carbocycles. The van der Waals surface area contributed by atoms with Crippen molar-refractivity contribution >= 4 is 34.1 Å². The minimum atomic E-state index is 0.0392. The maximum Gasteiger partial charge on any atom is 0.146 e. The summed E-state index contributed by atoms with van der Waals surface area (Å²) in [6.45, 7) is 4.40. The van der Waals surface area contributed by atoms with Gasteiger partial charge < -0.3 is 19.4 Å². The van der Waals surface area contributed by atoms with Gasteiger partial charge in [-0.2, -0.15) is 0 Å². The Kier molecular flexibility index (Phi) is 7.06. The van der Waals surface area contributed by atoms with Crippen LogP contribution in [0.25, 0.3) is 22.2 Å². The topological polar surface area (TPSA) is 71.3 Å². The van der Waals surface area contributed by atoms with Gasteiger partial charge in [0.05, 0.1) is 22.2 Å². The van der Waals surface area contributed by atoms with E-state index in [2.05, 4.69) is 22.3 Å². The van der Waals surface area contributed by atoms with Crippen LogP contribution in [0.4, 0.5) is 0 Å². The van der Waals surface area contributed by atoms with Crippen LogP contribution in [0.3, 0.4) is 0 Å². The SMILES string of the molecule is CC(C)c1onc(-c2c(Cl)cccc2Cl)c1COc1ccc2c(Cc3cccc(CO)c3)c[nH]c2c1. The molecule has 2 heterocycles. The number of nitrogens with one attached hydrogen (secondary N) is 1. The summed E-state index contributed by atoms with van der Waals surface area (Å²) >= 11 is 12.9. The molecule has 0 atom stereocenters. The maximum atomic E-state index is 9.42. The number of rotatable bonds is 8. The van der Waals surface area contributed by atoms with Crippen LogP contribution in [-0.2, 0) is 19.6 Å². The van der Waals surface area contributed by atoms with E-state index in [0.717, 1.165) is 45.5 Å². The van der Waals surface area contributed by atoms with Crippen LogP contribution in [0, 0.1) is 0 Å². The molecule has 0 saturated heterocycles. The number of ether oxygens (including phenoxy) is 1. The fraction of sp³-hybridized carbons (Fsp3) is 0.207. The zero-order valence-corrected chi connectivity index (χ0v) is 21.5. The molecule has 2 N–H and O–H groups in total. The van der Waals surface area contributed by atoms with Gasteiger partial charge in [0.1, 0.15) is 23.8 Å². The first-order chi connectivity index (χ1) is 17.4. The van der Waals surface area contributed by atoms with Gasteiger partial charge in [-0.05, 0) is 47.4 Å². The molecule has 184 valence electrons. The Morgan fingerprint density at radius 3 is 2.50 bits per heavy atom. The molecule has 3 aromatic carbocycles. The highest BCUT2D eigenvalue weighted by atomic mass is 35.5. The second-order valence-electron chi connectivity index (χ2n) is 9.09. The highest BCUT2D eigenvalue weighted by Gasteiger charge is 2.24. The van der Waals surface area contributed by atoms with Crippen LogP contribution in [0.15, 0.2) is 71.4 Å². The third kappa shape index (κ3) is 4.87. The van der Waals surface area contributed by atoms with Crippen LogP contribution < -0.4 is 4.74 Å². The van der Waals surface area contributed by atoms with E-state index in [0.29, 0.717) is 21.3 Å². The molecule has 5 nitrogen and oxygen atoms in total. The van der Waals surface area contributed by atoms with Crippen LogP contribution in [0.5, 0.6) is 5.75 Å². The molecule has 0 aliphatic heterocycles. The number of fused-ring (bicyclic) bond motifs is 1. The summed E-state index contributed by atoms with van der Waals surface area (Å²) in [5.74, 6) is 1.59. The zero-order valence-electron chi connectivity index (χ0n) is 20.0. The summed E-state index contributed by atoms with van der Waals surface area (Å²) in [6.07, 6.45) is 2.79. The monoisotopic (exact) mass is 520 g/mol. The normalized spacial score (nSPS) is 11.5. The molecular formula is C29H26Cl2N2O3. The van der Waals surface area contributed by atoms with E-state index in [4.69, 9.17) is 32.5 Å². The molecule has 0 amide bonds. The quantitative estimate of drug-likeness (QED) is 0.218. The predicted octanol–water partition coefficient (Wildman–Crippen LogP) is 7.92. The summed E-state index contributed by atoms with van der Waals surface area (Å²) in [6, 6.07) is 19.4. The van der Waals surface area contributed by atoms with E-state index in [-0.39, 0.29) is 19.1 Å². The fourth-order valence-corrected chi connectivity index (χ4v) is 5.03. The minimum Gasteiger partial charge on any atom is -0.489 e. The van der Waals surface area contributed by atoms with E-state index in [9.17, 15) is 5.11 Å². The largest absolute Gasteiger partial charge is 0.489 e. The number of aliphatic hydroxyl groups excluding tert-OH is 1. The van der Waals surface area contributed by atoms with E-state index >= 15 is 0 Å². The Morgan fingerprint density at radius 2 is 1.75 bits per heavy atom. The third-order valence-corrected chi connectivity index (χ3v) is 6.86. The lowest BCUT2D eigenvalue weighted by atomic mass is 10.0. The first-order valence-corrected chi connectivity index (χ1v) is 12.5. The van der Waals surface area contributed by atoms with E-state index in [1.165, 1.54) is 5.56 Å². The van der Waals surface area contributed by atoms with Gasteiger partial charge in [-0.15, -0.1) is 0 Å². The number of benzene rings is 3. The Morgan fingerprint density at radius 1 is 1.00 bits per heavy atom. The first-order valence-electron chi connectivity index (χ1n) is 11.8. The Balaban J connectivity index is 1.40. The minimum absolute atomic E-state index is 0.0392. The van der Waals surface area contributed by atoms with Gasteiger partial charge >= 0.3 is 0 Å². The van der Waals surface area contributed by atoms with Crippen LogP contribution >= 0.6 is 23.2 Å². The molecule has 5 rings (SSSR count). The number of aromatic nitrogens is 2. The second kappa shape index (κ2) is 10.4. The zero-order chi connectivity index (χ0) is 25.2. The second-order valence-corrected chi connectivity index (χ2v) is 9.90. The smallest absolute Gasteiger partial charge is 0.146 e. The van der Waals surface area contributed by atoms with E-state index < -0.39 is 0 Å². The number of aromatic amines is 1. The number of hydrogen-bond acceptors (Lipinski definition) is 4. The fourth-order valence-electron chi connectivity index (χ4n) is 4.45. The average Bonchev–Trinajstić information content (AvgIpc) is 3.47. The lowest BCUT2D eigenvalue weighted by molar-refractivity contribution is 0.281. The Hall–Kier alpha value is -3.25. The predicted molar refractivity (Wildman–Crippen MR) is 144 cm³/mol. The van der Waals surface area contributed by atoms with Gasteiger partial charge in [0.15, 0.2) is 0 Å². The number of nitrogens with zero attached hydrogens (tertiary/aromatic N) is 1. The maximum absolute atomic E-state index is 9.42. The number of H-pyrrole nitrogens is 1. The highest BCUT2D eigenvalue weighted by Crippen LogP contribution is 2.39. The van der Waals surface area contributed by atoms with Gasteiger partial charge in [-0.3, -0.25) is 0 Å². The molecule has 0 spiro atoms. The van der Waals surface area contributed by atoms with Gasteiger partial charge in [0.2, 0.25) is 0 Å². The molecule has 0 unspecified atom stereocenters. The first kappa shape index (κ1) is 24.4. The summed E-state index contributed by atoms with van der Waals surface area (Å²) in [5, 5.41) is 15.9. The van der Waals surface area contributed by atoms with Crippen molar-refractivity contribution in [3.05, 3.63) is 105 Å². The van der Waals surface area contributed by atoms with Gasteiger partial charge in [0, 0.05) is 34.6 Å². The third-order valence-electron chi connectivity index (χ3n) is 6.23. The van der Waals surface area contributed by atoms with Gasteiger partial charge in [0.25, 0.3) is 0 Å². The molecule has 0 bridgehead atoms. The standard InChI is InChI=1S/C29H26Cl2N2O3/c1-17(2)29-23(28(33-36-29)27-24(30)7-4-8-25(27)31)16-35-21-9-10-22-20(14-32-26(22)13-21)12-18-5-3-6-19(11-18)15-34/h3-11,13-14,17,32,34H,12,15-16H2,1-2H3. The molecule has 5 aromatic rings. The highest BCUT2D eigenvalue weighted by molar-refractivity contribution is 6.39. The Labute approximate surface area is 219 Å². The van der Waals surface area contributed by atoms with Crippen LogP contribution in [0.2, 0.25) is 10.0 Å². The van der Waals surface area contributed by atoms with Crippen LogP contribution in [-0.4, -0.2) is 15.2 Å². The van der Waals surface area contributed by atoms with Gasteiger partial charge in [-0.25, -0.2) is 0 Å². The van der Waals surface area contributed by atoms with Crippen molar-refractivity contribution in [2.24, 2.45) is 0 Å². The molecule has 7 heteroatoms. The number of aliphatic hydroxyl groups is 1. The molecule has 0 aliphatic rings. The van der Waals surface area contributed by atoms with Crippen molar-refractivity contribution in [1.29, 1.82) is 0 Å². The summed E-state index contributed by atoms with van der Waals surface area (Å²) < 4.78 is 11.9. The molecular weight excluding hydrogens is 495 g/mol. The van der Waals surface area contributed by atoms with Crippen molar-refractivity contribution in [3.63, 3.8) is 0 Å². The molecule has 0 fully saturated rings. The van der Waals surface area contributed by atoms with Crippen molar-refractivity contribution in [2.75, 3.05) is 0 Å². The summed E-state index contributed by atoms with van der Waals surface area (Å²) in [4.78, 5) is 3.36. The number of halogens is 2. The van der Waals surface area contributed by atoms with E-state index in [1.54, 1.807) is 18.2 Å². The lowest BCUT2D eigenvalue weighted by Gasteiger charge is -2.11. The summed E-state index contributed by atoms with van der Waals surface area (Å²) in [5.41, 5.74) is 6.31. The number of hydrogen-bond donors (Lipinski definition) is 2. The average molecular weight is 521 g/mol. The van der Waals surface area contributed by atoms with Crippen molar-refractivity contribution in [3.8, 4) is 17.0 Å². The van der Waals surface area contributed by atoms with Crippen molar-refractivity contribution in [1.82, 2.24) is 10.1 Å². The Bertz CT molecular complexity index is 1500. The molecule has 36 heavy (non-hydrogen) atoms. The van der Waals surface area contributed by atoms with Crippen LogP contribution in [0.1, 0.15) is 47.8 Å². The molecule has 2 aromatic heterocycles. The molecule has 0 aliphatic carbocycles. The van der Waals surface area contributed by atoms with E-state index in [1.807, 2.05) is 50.4 Å². The van der Waals surface area contributed by atoms with Crippen molar-refractivity contribution in [2.45, 2.75) is 39.4 Å². The molecule has 0 radical (unpaired) electrons. The lowest BCUT2D eigenvalue weighted by Crippen LogP contribution is -2.01.